The minimum atomic E-state index is -3.81. The van der Waals surface area contributed by atoms with Crippen molar-refractivity contribution >= 4 is 16.0 Å². The van der Waals surface area contributed by atoms with Gasteiger partial charge < -0.3 is 9.84 Å². The molecule has 1 aliphatic rings. The molecule has 1 aromatic carbocycles. The lowest BCUT2D eigenvalue weighted by Crippen LogP contribution is -2.40. The van der Waals surface area contributed by atoms with Gasteiger partial charge in [-0.25, -0.2) is 8.42 Å². The van der Waals surface area contributed by atoms with E-state index in [0.29, 0.717) is 29.7 Å². The Hall–Kier alpha value is -1.60. The summed E-state index contributed by atoms with van der Waals surface area (Å²) in [6.45, 7) is 3.77. The van der Waals surface area contributed by atoms with Crippen molar-refractivity contribution in [2.24, 2.45) is 0 Å². The number of aliphatic carboxylic acids is 1. The maximum Gasteiger partial charge on any atom is 0.322 e. The van der Waals surface area contributed by atoms with Gasteiger partial charge in [-0.3, -0.25) is 4.79 Å². The summed E-state index contributed by atoms with van der Waals surface area (Å²) in [7, 11) is -2.27. The second-order valence-corrected chi connectivity index (χ2v) is 7.09. The summed E-state index contributed by atoms with van der Waals surface area (Å²) in [5.74, 6) is -0.455. The molecule has 0 aliphatic carbocycles. The number of hydrogen-bond acceptors (Lipinski definition) is 4. The van der Waals surface area contributed by atoms with Crippen LogP contribution >= 0.6 is 0 Å². The van der Waals surface area contributed by atoms with E-state index in [-0.39, 0.29) is 11.4 Å². The van der Waals surface area contributed by atoms with Crippen LogP contribution in [0.2, 0.25) is 0 Å². The molecule has 1 heterocycles. The van der Waals surface area contributed by atoms with E-state index in [2.05, 4.69) is 0 Å². The van der Waals surface area contributed by atoms with Gasteiger partial charge in [0.25, 0.3) is 0 Å². The Morgan fingerprint density at radius 2 is 1.90 bits per heavy atom. The summed E-state index contributed by atoms with van der Waals surface area (Å²) >= 11 is 0. The molecule has 1 saturated heterocycles. The van der Waals surface area contributed by atoms with E-state index in [1.165, 1.54) is 19.2 Å². The highest BCUT2D eigenvalue weighted by Crippen LogP contribution is 2.31. The Morgan fingerprint density at radius 1 is 1.33 bits per heavy atom. The molecular formula is C14H19NO5S. The van der Waals surface area contributed by atoms with Crippen molar-refractivity contribution in [1.82, 2.24) is 4.31 Å². The van der Waals surface area contributed by atoms with E-state index < -0.39 is 22.0 Å². The first kappa shape index (κ1) is 15.8. The highest BCUT2D eigenvalue weighted by atomic mass is 32.2. The third-order valence-corrected chi connectivity index (χ3v) is 5.62. The predicted molar refractivity (Wildman–Crippen MR) is 77.0 cm³/mol. The molecule has 1 aromatic rings. The zero-order chi connectivity index (χ0) is 15.8. The van der Waals surface area contributed by atoms with Crippen molar-refractivity contribution in [3.8, 4) is 5.75 Å². The molecule has 1 aliphatic heterocycles. The zero-order valence-electron chi connectivity index (χ0n) is 12.3. The fourth-order valence-electron chi connectivity index (χ4n) is 2.79. The average Bonchev–Trinajstić information content (AvgIpc) is 2.88. The maximum atomic E-state index is 12.7. The number of carboxylic acid groups (broad SMARTS) is 1. The Bertz CT molecular complexity index is 645. The summed E-state index contributed by atoms with van der Waals surface area (Å²) in [6.07, 6.45) is 0.910. The summed E-state index contributed by atoms with van der Waals surface area (Å²) in [5, 5.41) is 9.16. The smallest absolute Gasteiger partial charge is 0.322 e. The molecule has 0 radical (unpaired) electrons. The van der Waals surface area contributed by atoms with Gasteiger partial charge in [0.2, 0.25) is 10.0 Å². The predicted octanol–water partition coefficient (Wildman–Crippen LogP) is 1.55. The van der Waals surface area contributed by atoms with Gasteiger partial charge >= 0.3 is 5.97 Å². The van der Waals surface area contributed by atoms with Crippen molar-refractivity contribution < 1.29 is 23.1 Å². The van der Waals surface area contributed by atoms with Gasteiger partial charge in [0.15, 0.2) is 0 Å². The molecule has 1 atom stereocenters. The zero-order valence-corrected chi connectivity index (χ0v) is 13.1. The van der Waals surface area contributed by atoms with Crippen LogP contribution in [-0.2, 0) is 14.8 Å². The second-order valence-electron chi connectivity index (χ2n) is 5.20. The van der Waals surface area contributed by atoms with Gasteiger partial charge in [0, 0.05) is 6.54 Å². The van der Waals surface area contributed by atoms with Crippen molar-refractivity contribution in [2.45, 2.75) is 37.6 Å². The molecule has 7 heteroatoms. The first-order valence-corrected chi connectivity index (χ1v) is 8.13. The van der Waals surface area contributed by atoms with Gasteiger partial charge in [-0.15, -0.1) is 0 Å². The van der Waals surface area contributed by atoms with Crippen molar-refractivity contribution in [3.63, 3.8) is 0 Å². The van der Waals surface area contributed by atoms with E-state index in [1.54, 1.807) is 13.8 Å². The lowest BCUT2D eigenvalue weighted by atomic mass is 10.1. The largest absolute Gasteiger partial charge is 0.496 e. The van der Waals surface area contributed by atoms with Crippen molar-refractivity contribution in [2.75, 3.05) is 13.7 Å². The number of carbonyl (C=O) groups is 1. The number of carboxylic acids is 1. The molecular weight excluding hydrogens is 294 g/mol. The van der Waals surface area contributed by atoms with Crippen molar-refractivity contribution in [1.29, 1.82) is 0 Å². The molecule has 1 N–H and O–H groups in total. The molecule has 0 unspecified atom stereocenters. The molecule has 2 rings (SSSR count). The van der Waals surface area contributed by atoms with Crippen LogP contribution in [0.15, 0.2) is 17.0 Å². The van der Waals surface area contributed by atoms with Gasteiger partial charge in [-0.1, -0.05) is 0 Å². The lowest BCUT2D eigenvalue weighted by Gasteiger charge is -2.22. The number of aryl methyl sites for hydroxylation is 2. The normalized spacial score (nSPS) is 19.7. The van der Waals surface area contributed by atoms with Gasteiger partial charge in [-0.05, 0) is 49.9 Å². The Balaban J connectivity index is 2.47. The van der Waals surface area contributed by atoms with Crippen LogP contribution in [-0.4, -0.2) is 43.5 Å². The Morgan fingerprint density at radius 3 is 2.38 bits per heavy atom. The third kappa shape index (κ3) is 2.75. The lowest BCUT2D eigenvalue weighted by molar-refractivity contribution is -0.140. The topological polar surface area (TPSA) is 83.9 Å². The highest BCUT2D eigenvalue weighted by Gasteiger charge is 2.39. The number of sulfonamides is 1. The molecule has 6 nitrogen and oxygen atoms in total. The van der Waals surface area contributed by atoms with Crippen molar-refractivity contribution in [3.05, 3.63) is 23.3 Å². The first-order chi connectivity index (χ1) is 9.78. The monoisotopic (exact) mass is 313 g/mol. The molecule has 0 bridgehead atoms. The molecule has 0 amide bonds. The maximum absolute atomic E-state index is 12.7. The second kappa shape index (κ2) is 5.65. The number of methoxy groups -OCH3 is 1. The molecule has 21 heavy (non-hydrogen) atoms. The van der Waals surface area contributed by atoms with E-state index in [1.807, 2.05) is 0 Å². The van der Waals surface area contributed by atoms with Crippen LogP contribution < -0.4 is 4.74 Å². The van der Waals surface area contributed by atoms with Gasteiger partial charge in [0.1, 0.15) is 11.8 Å². The molecule has 1 fully saturated rings. The van der Waals surface area contributed by atoms with E-state index in [4.69, 9.17) is 9.84 Å². The minimum absolute atomic E-state index is 0.117. The summed E-state index contributed by atoms with van der Waals surface area (Å²) in [4.78, 5) is 11.3. The van der Waals surface area contributed by atoms with Crippen LogP contribution in [0.4, 0.5) is 0 Å². The number of rotatable bonds is 4. The third-order valence-electron chi connectivity index (χ3n) is 3.73. The molecule has 116 valence electrons. The number of hydrogen-bond donors (Lipinski definition) is 1. The van der Waals surface area contributed by atoms with Crippen LogP contribution in [0, 0.1) is 13.8 Å². The fourth-order valence-corrected chi connectivity index (χ4v) is 4.61. The van der Waals surface area contributed by atoms with Crippen LogP contribution in [0.25, 0.3) is 0 Å². The van der Waals surface area contributed by atoms with Crippen LogP contribution in [0.5, 0.6) is 5.75 Å². The van der Waals surface area contributed by atoms with Gasteiger partial charge in [-0.2, -0.15) is 4.31 Å². The highest BCUT2D eigenvalue weighted by molar-refractivity contribution is 7.89. The summed E-state index contributed by atoms with van der Waals surface area (Å²) in [6, 6.07) is 2.08. The summed E-state index contributed by atoms with van der Waals surface area (Å²) < 4.78 is 31.7. The van der Waals surface area contributed by atoms with E-state index >= 15 is 0 Å². The number of benzene rings is 1. The number of ether oxygens (including phenoxy) is 1. The van der Waals surface area contributed by atoms with Crippen LogP contribution in [0.3, 0.4) is 0 Å². The average molecular weight is 313 g/mol. The van der Waals surface area contributed by atoms with Crippen LogP contribution in [0.1, 0.15) is 24.0 Å². The summed E-state index contributed by atoms with van der Waals surface area (Å²) in [5.41, 5.74) is 1.42. The van der Waals surface area contributed by atoms with E-state index in [9.17, 15) is 13.2 Å². The fraction of sp³-hybridized carbons (Fsp3) is 0.500. The molecule has 0 spiro atoms. The molecule has 0 saturated carbocycles. The first-order valence-electron chi connectivity index (χ1n) is 6.69. The van der Waals surface area contributed by atoms with Gasteiger partial charge in [0.05, 0.1) is 12.0 Å². The quantitative estimate of drug-likeness (QED) is 0.911. The Kier molecular flexibility index (Phi) is 4.25. The number of nitrogens with zero attached hydrogens (tertiary/aromatic N) is 1. The molecule has 0 aromatic heterocycles. The minimum Gasteiger partial charge on any atom is -0.496 e. The van der Waals surface area contributed by atoms with E-state index in [0.717, 1.165) is 4.31 Å². The SMILES string of the molecule is COc1c(C)cc(S(=O)(=O)N2CCC[C@@H]2C(=O)O)cc1C. The standard InChI is InChI=1S/C14H19NO5S/c1-9-7-11(8-10(2)13(9)20-3)21(18,19)15-6-4-5-12(15)14(16)17/h7-8,12H,4-6H2,1-3H3,(H,16,17)/t12-/m1/s1. The Labute approximate surface area is 124 Å².